The number of nitrogens with one attached hydrogen (secondary N) is 1. The highest BCUT2D eigenvalue weighted by atomic mass is 32.2. The Kier molecular flexibility index (Phi) is 10.2. The quantitative estimate of drug-likeness (QED) is 0.359. The van der Waals surface area contributed by atoms with Gasteiger partial charge in [0, 0.05) is 24.6 Å². The Bertz CT molecular complexity index is 1380. The van der Waals surface area contributed by atoms with Crippen LogP contribution in [0.2, 0.25) is 0 Å². The molecule has 2 amide bonds. The number of hydrogen-bond donors (Lipinski definition) is 1. The SMILES string of the molecule is CC[C@@H](C)NC(=O)[C@@H](Cc1ccccc1)N(Cc1ccccc1F)C(=O)CN(c1ccccc1C)S(C)(=O)=O. The third kappa shape index (κ3) is 8.13. The highest BCUT2D eigenvalue weighted by molar-refractivity contribution is 7.92. The molecule has 3 aromatic rings. The first-order valence-corrected chi connectivity index (χ1v) is 14.8. The van der Waals surface area contributed by atoms with Gasteiger partial charge in [-0.1, -0.05) is 73.7 Å². The fraction of sp³-hybridized carbons (Fsp3) is 0.333. The average molecular weight is 554 g/mol. The number of nitrogens with zero attached hydrogens (tertiary/aromatic N) is 2. The first-order chi connectivity index (χ1) is 18.5. The second-order valence-corrected chi connectivity index (χ2v) is 11.6. The van der Waals surface area contributed by atoms with Crippen molar-refractivity contribution >= 4 is 27.5 Å². The predicted octanol–water partition coefficient (Wildman–Crippen LogP) is 4.45. The first kappa shape index (κ1) is 29.8. The molecule has 0 aliphatic carbocycles. The number of amides is 2. The fourth-order valence-corrected chi connectivity index (χ4v) is 5.15. The number of hydrogen-bond acceptors (Lipinski definition) is 4. The molecule has 7 nitrogen and oxygen atoms in total. The third-order valence-corrected chi connectivity index (χ3v) is 7.76. The molecule has 0 spiro atoms. The van der Waals surface area contributed by atoms with Crippen molar-refractivity contribution in [2.75, 3.05) is 17.1 Å². The van der Waals surface area contributed by atoms with Crippen molar-refractivity contribution in [2.24, 2.45) is 0 Å². The van der Waals surface area contributed by atoms with Gasteiger partial charge in [0.2, 0.25) is 21.8 Å². The third-order valence-electron chi connectivity index (χ3n) is 6.63. The minimum atomic E-state index is -3.87. The Hall–Kier alpha value is -3.72. The van der Waals surface area contributed by atoms with Gasteiger partial charge < -0.3 is 10.2 Å². The van der Waals surface area contributed by atoms with Crippen LogP contribution in [0.5, 0.6) is 0 Å². The molecule has 0 unspecified atom stereocenters. The van der Waals surface area contributed by atoms with Crippen molar-refractivity contribution in [2.45, 2.75) is 52.2 Å². The summed E-state index contributed by atoms with van der Waals surface area (Å²) in [5, 5.41) is 2.95. The van der Waals surface area contributed by atoms with Crippen LogP contribution in [0.3, 0.4) is 0 Å². The topological polar surface area (TPSA) is 86.8 Å². The molecule has 0 fully saturated rings. The van der Waals surface area contributed by atoms with Gasteiger partial charge in [0.15, 0.2) is 0 Å². The molecule has 3 aromatic carbocycles. The Morgan fingerprint density at radius 1 is 0.949 bits per heavy atom. The summed E-state index contributed by atoms with van der Waals surface area (Å²) in [5.41, 5.74) is 2.07. The van der Waals surface area contributed by atoms with Gasteiger partial charge in [-0.2, -0.15) is 0 Å². The minimum Gasteiger partial charge on any atom is -0.352 e. The van der Waals surface area contributed by atoms with E-state index in [-0.39, 0.29) is 30.5 Å². The summed E-state index contributed by atoms with van der Waals surface area (Å²) < 4.78 is 41.5. The standard InChI is InChI=1S/C30H36FN3O4S/c1-5-23(3)32-30(36)28(19-24-14-7-6-8-15-24)33(20-25-16-10-11-17-26(25)31)29(35)21-34(39(4,37)38)27-18-12-9-13-22(27)2/h6-18,23,28H,5,19-21H2,1-4H3,(H,32,36)/t23-,28-/m1/s1. The van der Waals surface area contributed by atoms with Gasteiger partial charge in [0.05, 0.1) is 11.9 Å². The maximum atomic E-state index is 14.8. The fourth-order valence-electron chi connectivity index (χ4n) is 4.24. The van der Waals surface area contributed by atoms with Crippen LogP contribution < -0.4 is 9.62 Å². The summed E-state index contributed by atoms with van der Waals surface area (Å²) >= 11 is 0. The average Bonchev–Trinajstić information content (AvgIpc) is 2.90. The molecule has 208 valence electrons. The number of carbonyl (C=O) groups is 2. The highest BCUT2D eigenvalue weighted by Crippen LogP contribution is 2.24. The lowest BCUT2D eigenvalue weighted by Crippen LogP contribution is -2.54. The number of sulfonamides is 1. The van der Waals surface area contributed by atoms with Crippen molar-refractivity contribution in [1.29, 1.82) is 0 Å². The second-order valence-electron chi connectivity index (χ2n) is 9.69. The lowest BCUT2D eigenvalue weighted by Gasteiger charge is -2.34. The monoisotopic (exact) mass is 553 g/mol. The predicted molar refractivity (Wildman–Crippen MR) is 152 cm³/mol. The van der Waals surface area contributed by atoms with E-state index in [4.69, 9.17) is 0 Å². The Morgan fingerprint density at radius 2 is 1.56 bits per heavy atom. The maximum Gasteiger partial charge on any atom is 0.244 e. The molecule has 0 bridgehead atoms. The lowest BCUT2D eigenvalue weighted by atomic mass is 10.0. The summed E-state index contributed by atoms with van der Waals surface area (Å²) in [5.74, 6) is -1.53. The van der Waals surface area contributed by atoms with E-state index in [9.17, 15) is 22.4 Å². The second kappa shape index (κ2) is 13.4. The van der Waals surface area contributed by atoms with E-state index in [0.717, 1.165) is 16.1 Å². The molecule has 0 aliphatic heterocycles. The number of para-hydroxylation sites is 1. The molecule has 39 heavy (non-hydrogen) atoms. The zero-order chi connectivity index (χ0) is 28.6. The van der Waals surface area contributed by atoms with E-state index in [1.807, 2.05) is 44.2 Å². The Labute approximate surface area is 230 Å². The summed E-state index contributed by atoms with van der Waals surface area (Å²) in [7, 11) is -3.87. The number of benzene rings is 3. The zero-order valence-corrected chi connectivity index (χ0v) is 23.6. The van der Waals surface area contributed by atoms with Crippen LogP contribution in [0, 0.1) is 12.7 Å². The molecule has 2 atom stereocenters. The van der Waals surface area contributed by atoms with Crippen LogP contribution in [0.25, 0.3) is 0 Å². The van der Waals surface area contributed by atoms with Crippen molar-refractivity contribution in [3.05, 3.63) is 101 Å². The van der Waals surface area contributed by atoms with E-state index in [0.29, 0.717) is 17.7 Å². The highest BCUT2D eigenvalue weighted by Gasteiger charge is 2.34. The molecule has 0 heterocycles. The molecule has 1 N–H and O–H groups in total. The molecule has 0 radical (unpaired) electrons. The number of halogens is 1. The van der Waals surface area contributed by atoms with Crippen molar-refractivity contribution in [3.8, 4) is 0 Å². The van der Waals surface area contributed by atoms with E-state index in [1.54, 1.807) is 49.4 Å². The molecule has 9 heteroatoms. The van der Waals surface area contributed by atoms with Crippen LogP contribution in [-0.4, -0.2) is 50.0 Å². The summed E-state index contributed by atoms with van der Waals surface area (Å²) in [6.07, 6.45) is 1.89. The summed E-state index contributed by atoms with van der Waals surface area (Å²) in [6, 6.07) is 21.0. The van der Waals surface area contributed by atoms with Gasteiger partial charge in [-0.25, -0.2) is 12.8 Å². The first-order valence-electron chi connectivity index (χ1n) is 12.9. The Balaban J connectivity index is 2.08. The van der Waals surface area contributed by atoms with Crippen molar-refractivity contribution in [1.82, 2.24) is 10.2 Å². The largest absolute Gasteiger partial charge is 0.352 e. The van der Waals surface area contributed by atoms with Gasteiger partial charge in [0.25, 0.3) is 0 Å². The number of rotatable bonds is 12. The Morgan fingerprint density at radius 3 is 2.18 bits per heavy atom. The van der Waals surface area contributed by atoms with Gasteiger partial charge in [-0.3, -0.25) is 13.9 Å². The zero-order valence-electron chi connectivity index (χ0n) is 22.8. The van der Waals surface area contributed by atoms with Crippen molar-refractivity contribution in [3.63, 3.8) is 0 Å². The van der Waals surface area contributed by atoms with Crippen LogP contribution in [-0.2, 0) is 32.6 Å². The molecule has 0 aromatic heterocycles. The molecule has 3 rings (SSSR count). The van der Waals surface area contributed by atoms with E-state index < -0.39 is 34.3 Å². The van der Waals surface area contributed by atoms with Gasteiger partial charge in [0.1, 0.15) is 18.4 Å². The molecular weight excluding hydrogens is 517 g/mol. The van der Waals surface area contributed by atoms with E-state index in [2.05, 4.69) is 5.32 Å². The molecule has 0 saturated heterocycles. The lowest BCUT2D eigenvalue weighted by molar-refractivity contribution is -0.140. The van der Waals surface area contributed by atoms with Crippen LogP contribution in [0.4, 0.5) is 10.1 Å². The minimum absolute atomic E-state index is 0.152. The van der Waals surface area contributed by atoms with E-state index in [1.165, 1.54) is 11.0 Å². The normalized spacial score (nSPS) is 12.8. The number of carbonyl (C=O) groups excluding carboxylic acids is 2. The van der Waals surface area contributed by atoms with Crippen LogP contribution in [0.1, 0.15) is 37.0 Å². The van der Waals surface area contributed by atoms with Gasteiger partial charge >= 0.3 is 0 Å². The number of aryl methyl sites for hydroxylation is 1. The molecule has 0 aliphatic rings. The molecule has 0 saturated carbocycles. The van der Waals surface area contributed by atoms with E-state index >= 15 is 0 Å². The summed E-state index contributed by atoms with van der Waals surface area (Å²) in [6.45, 7) is 4.81. The van der Waals surface area contributed by atoms with Crippen LogP contribution >= 0.6 is 0 Å². The maximum absolute atomic E-state index is 14.8. The summed E-state index contributed by atoms with van der Waals surface area (Å²) in [4.78, 5) is 28.9. The molecular formula is C30H36FN3O4S. The van der Waals surface area contributed by atoms with Crippen LogP contribution in [0.15, 0.2) is 78.9 Å². The van der Waals surface area contributed by atoms with Gasteiger partial charge in [-0.05, 0) is 43.5 Å². The number of anilines is 1. The van der Waals surface area contributed by atoms with Gasteiger partial charge in [-0.15, -0.1) is 0 Å². The van der Waals surface area contributed by atoms with Crippen molar-refractivity contribution < 1.29 is 22.4 Å². The smallest absolute Gasteiger partial charge is 0.244 e.